The van der Waals surface area contributed by atoms with Gasteiger partial charge in [0.05, 0.1) is 16.3 Å². The largest absolute Gasteiger partial charge is 0.397 e. The van der Waals surface area contributed by atoms with Gasteiger partial charge < -0.3 is 11.1 Å². The maximum atomic E-state index is 13.1. The molecule has 3 aliphatic rings. The first-order chi connectivity index (χ1) is 13.7. The van der Waals surface area contributed by atoms with Gasteiger partial charge in [-0.3, -0.25) is 4.79 Å². The lowest BCUT2D eigenvalue weighted by molar-refractivity contribution is 0.0967. The molecule has 4 nitrogen and oxygen atoms in total. The van der Waals surface area contributed by atoms with Gasteiger partial charge in [-0.05, 0) is 79.0 Å². The van der Waals surface area contributed by atoms with Crippen LogP contribution >= 0.6 is 22.7 Å². The minimum Gasteiger partial charge on any atom is -0.397 e. The first-order valence-corrected chi connectivity index (χ1v) is 11.6. The number of nitrogens with zero attached hydrogens (tertiary/aromatic N) is 1. The summed E-state index contributed by atoms with van der Waals surface area (Å²) in [5.41, 5.74) is 10.5. The van der Waals surface area contributed by atoms with E-state index in [1.807, 2.05) is 23.6 Å². The molecule has 3 atom stereocenters. The Bertz CT molecular complexity index is 1130. The van der Waals surface area contributed by atoms with Gasteiger partial charge in [-0.1, -0.05) is 6.07 Å². The van der Waals surface area contributed by atoms with Crippen molar-refractivity contribution in [1.29, 1.82) is 0 Å². The van der Waals surface area contributed by atoms with Crippen LogP contribution in [-0.4, -0.2) is 10.9 Å². The lowest BCUT2D eigenvalue weighted by atomic mass is 9.87. The van der Waals surface area contributed by atoms with Crippen molar-refractivity contribution < 1.29 is 4.79 Å². The quantitative estimate of drug-likeness (QED) is 0.608. The Hall–Kier alpha value is -2.18. The fourth-order valence-electron chi connectivity index (χ4n) is 5.53. The average Bonchev–Trinajstić information content (AvgIpc) is 3.43. The van der Waals surface area contributed by atoms with Crippen LogP contribution in [0, 0.1) is 17.8 Å². The van der Waals surface area contributed by atoms with Crippen molar-refractivity contribution in [3.05, 3.63) is 45.8 Å². The molecule has 2 bridgehead atoms. The zero-order chi connectivity index (χ0) is 18.8. The van der Waals surface area contributed by atoms with Gasteiger partial charge in [-0.15, -0.1) is 22.7 Å². The fraction of sp³-hybridized carbons (Fsp3) is 0.364. The second kappa shape index (κ2) is 6.16. The van der Waals surface area contributed by atoms with E-state index < -0.39 is 0 Å². The van der Waals surface area contributed by atoms with Gasteiger partial charge in [0.1, 0.15) is 9.71 Å². The van der Waals surface area contributed by atoms with Crippen LogP contribution in [0.15, 0.2) is 40.9 Å². The first kappa shape index (κ1) is 16.7. The second-order valence-electron chi connectivity index (χ2n) is 8.28. The van der Waals surface area contributed by atoms with Gasteiger partial charge in [0.25, 0.3) is 5.91 Å². The fourth-order valence-corrected chi connectivity index (χ4v) is 7.21. The highest BCUT2D eigenvalue weighted by Crippen LogP contribution is 2.55. The molecule has 2 fully saturated rings. The van der Waals surface area contributed by atoms with E-state index >= 15 is 0 Å². The highest BCUT2D eigenvalue weighted by molar-refractivity contribution is 7.21. The van der Waals surface area contributed by atoms with Crippen molar-refractivity contribution in [1.82, 2.24) is 10.3 Å². The third-order valence-electron chi connectivity index (χ3n) is 6.74. The number of allylic oxidation sites excluding steroid dienone is 2. The normalized spacial score (nSPS) is 25.6. The molecule has 0 spiro atoms. The maximum absolute atomic E-state index is 13.1. The molecule has 1 unspecified atom stereocenters. The molecule has 0 saturated heterocycles. The van der Waals surface area contributed by atoms with Crippen molar-refractivity contribution in [3.8, 4) is 10.6 Å². The van der Waals surface area contributed by atoms with Crippen molar-refractivity contribution in [2.75, 3.05) is 5.73 Å². The Morgan fingerprint density at radius 2 is 2.18 bits per heavy atom. The maximum Gasteiger partial charge on any atom is 0.267 e. The van der Waals surface area contributed by atoms with Crippen molar-refractivity contribution in [3.63, 3.8) is 0 Å². The number of nitrogen functional groups attached to an aromatic ring is 1. The van der Waals surface area contributed by atoms with E-state index in [9.17, 15) is 4.79 Å². The molecule has 0 aromatic carbocycles. The highest BCUT2D eigenvalue weighted by atomic mass is 32.1. The minimum absolute atomic E-state index is 0.0644. The second-order valence-corrected chi connectivity index (χ2v) is 10.2. The number of hydrogen-bond acceptors (Lipinski definition) is 5. The van der Waals surface area contributed by atoms with Gasteiger partial charge >= 0.3 is 0 Å². The van der Waals surface area contributed by atoms with Crippen LogP contribution in [-0.2, 0) is 0 Å². The van der Waals surface area contributed by atoms with Gasteiger partial charge in [-0.25, -0.2) is 4.98 Å². The number of carbonyl (C=O) groups is 1. The number of amides is 1. The molecule has 3 aromatic heterocycles. The molecule has 6 heteroatoms. The molecule has 1 amide bonds. The van der Waals surface area contributed by atoms with Gasteiger partial charge in [0.2, 0.25) is 0 Å². The van der Waals surface area contributed by atoms with Gasteiger partial charge in [0, 0.05) is 11.1 Å². The van der Waals surface area contributed by atoms with Crippen LogP contribution < -0.4 is 11.1 Å². The molecule has 142 valence electrons. The Morgan fingerprint density at radius 1 is 1.25 bits per heavy atom. The van der Waals surface area contributed by atoms with Crippen LogP contribution in [0.3, 0.4) is 0 Å². The van der Waals surface area contributed by atoms with Gasteiger partial charge in [0.15, 0.2) is 0 Å². The lowest BCUT2D eigenvalue weighted by Crippen LogP contribution is -2.27. The minimum atomic E-state index is -0.0644. The number of pyridine rings is 1. The number of thiophene rings is 2. The Morgan fingerprint density at radius 3 is 3.04 bits per heavy atom. The number of anilines is 1. The topological polar surface area (TPSA) is 68.0 Å². The number of nitrogens with one attached hydrogen (secondary N) is 1. The standard InChI is InChI=1S/C22H21N3OS2/c23-19-14-5-6-16(18-2-1-7-27-18)25-22(14)28-20(19)21(26)24-17-10-11-8-12-3-4-13(17)15(12)9-11/h1-2,5-7,11-12,15H,3-4,8-10,23H2,(H,24,26)/t11-,12-,15?/m0/s1. The Labute approximate surface area is 171 Å². The number of nitrogens with two attached hydrogens (primary N) is 1. The molecular formula is C22H21N3OS2. The molecule has 3 N–H and O–H groups in total. The predicted molar refractivity (Wildman–Crippen MR) is 115 cm³/mol. The summed E-state index contributed by atoms with van der Waals surface area (Å²) in [5, 5.41) is 6.17. The smallest absolute Gasteiger partial charge is 0.267 e. The summed E-state index contributed by atoms with van der Waals surface area (Å²) in [6, 6.07) is 8.06. The number of aromatic nitrogens is 1. The molecule has 6 rings (SSSR count). The van der Waals surface area contributed by atoms with Crippen LogP contribution in [0.4, 0.5) is 5.69 Å². The van der Waals surface area contributed by atoms with Crippen LogP contribution in [0.5, 0.6) is 0 Å². The summed E-state index contributed by atoms with van der Waals surface area (Å²) in [7, 11) is 0. The molecule has 3 aromatic rings. The average molecular weight is 408 g/mol. The third kappa shape index (κ3) is 2.47. The van der Waals surface area contributed by atoms with Gasteiger partial charge in [-0.2, -0.15) is 0 Å². The van der Waals surface area contributed by atoms with Crippen LogP contribution in [0.1, 0.15) is 41.8 Å². The summed E-state index contributed by atoms with van der Waals surface area (Å²) < 4.78 is 0. The summed E-state index contributed by atoms with van der Waals surface area (Å²) >= 11 is 3.07. The zero-order valence-corrected chi connectivity index (χ0v) is 17.0. The van der Waals surface area contributed by atoms with E-state index in [0.29, 0.717) is 10.6 Å². The van der Waals surface area contributed by atoms with Crippen LogP contribution in [0.25, 0.3) is 20.8 Å². The predicted octanol–water partition coefficient (Wildman–Crippen LogP) is 5.43. The molecule has 2 saturated carbocycles. The van der Waals surface area contributed by atoms with Crippen molar-refractivity contribution in [2.24, 2.45) is 17.8 Å². The summed E-state index contributed by atoms with van der Waals surface area (Å²) in [5.74, 6) is 2.28. The van der Waals surface area contributed by atoms with E-state index in [0.717, 1.165) is 51.4 Å². The number of carbonyl (C=O) groups excluding carboxylic acids is 1. The van der Waals surface area contributed by atoms with E-state index in [-0.39, 0.29) is 5.91 Å². The number of hydrogen-bond donors (Lipinski definition) is 2. The van der Waals surface area contributed by atoms with Crippen LogP contribution in [0.2, 0.25) is 0 Å². The molecule has 3 heterocycles. The monoisotopic (exact) mass is 407 g/mol. The summed E-state index contributed by atoms with van der Waals surface area (Å²) in [6.45, 7) is 0. The Kier molecular flexibility index (Phi) is 3.68. The molecule has 0 aliphatic heterocycles. The van der Waals surface area contributed by atoms with Crippen molar-refractivity contribution >= 4 is 44.5 Å². The zero-order valence-electron chi connectivity index (χ0n) is 15.4. The van der Waals surface area contributed by atoms with E-state index in [1.165, 1.54) is 41.9 Å². The van der Waals surface area contributed by atoms with E-state index in [1.54, 1.807) is 11.3 Å². The van der Waals surface area contributed by atoms with E-state index in [4.69, 9.17) is 10.7 Å². The molecular weight excluding hydrogens is 386 g/mol. The van der Waals surface area contributed by atoms with Crippen molar-refractivity contribution in [2.45, 2.75) is 32.1 Å². The van der Waals surface area contributed by atoms with E-state index in [2.05, 4.69) is 11.4 Å². The molecule has 28 heavy (non-hydrogen) atoms. The first-order valence-electron chi connectivity index (χ1n) is 9.93. The number of fused-ring (bicyclic) bond motifs is 2. The lowest BCUT2D eigenvalue weighted by Gasteiger charge is -2.24. The molecule has 0 radical (unpaired) electrons. The summed E-state index contributed by atoms with van der Waals surface area (Å²) in [4.78, 5) is 20.4. The SMILES string of the molecule is Nc1c(C(=O)NC2=C3CC[C@H]4C[C@H](C2)CC34)sc2nc(-c3cccs3)ccc12. The highest BCUT2D eigenvalue weighted by Gasteiger charge is 2.45. The molecule has 3 aliphatic carbocycles. The third-order valence-corrected chi connectivity index (χ3v) is 8.75. The Balaban J connectivity index is 1.33. The summed E-state index contributed by atoms with van der Waals surface area (Å²) in [6.07, 6.45) is 6.16. The number of rotatable bonds is 3.